The van der Waals surface area contributed by atoms with E-state index in [2.05, 4.69) is 44.7 Å². The number of nitrogens with zero attached hydrogens (tertiary/aromatic N) is 4. The predicted molar refractivity (Wildman–Crippen MR) is 101 cm³/mol. The second kappa shape index (κ2) is 6.65. The van der Waals surface area contributed by atoms with Gasteiger partial charge in [-0.15, -0.1) is 10.2 Å². The summed E-state index contributed by atoms with van der Waals surface area (Å²) < 4.78 is 6.49. The van der Waals surface area contributed by atoms with Crippen molar-refractivity contribution in [2.24, 2.45) is 0 Å². The number of aromatic nitrogens is 2. The standard InChI is InChI=1S/C17H25IN4O2/c1-17(2,3)24-16(23)22-11-5-6-12(22)10-13(9-11)21(4)15-8-7-14(18)19-20-15/h7-8,11-13H,5-6,9-10H2,1-4H3/t11-,12?,13?/m1/s1. The third kappa shape index (κ3) is 3.75. The lowest BCUT2D eigenvalue weighted by molar-refractivity contribution is 0.00597. The molecule has 3 heterocycles. The second-order valence-electron chi connectivity index (χ2n) is 7.72. The quantitative estimate of drug-likeness (QED) is 0.655. The Balaban J connectivity index is 1.68. The van der Waals surface area contributed by atoms with Crippen molar-refractivity contribution in [3.63, 3.8) is 0 Å². The average molecular weight is 444 g/mol. The molecule has 1 amide bonds. The van der Waals surface area contributed by atoms with E-state index in [1.165, 1.54) is 0 Å². The van der Waals surface area contributed by atoms with E-state index < -0.39 is 5.60 Å². The second-order valence-corrected chi connectivity index (χ2v) is 8.83. The number of anilines is 1. The Morgan fingerprint density at radius 3 is 2.38 bits per heavy atom. The fraction of sp³-hybridized carbons (Fsp3) is 0.706. The molecule has 2 unspecified atom stereocenters. The maximum absolute atomic E-state index is 12.5. The summed E-state index contributed by atoms with van der Waals surface area (Å²) in [4.78, 5) is 16.7. The molecule has 2 bridgehead atoms. The van der Waals surface area contributed by atoms with Crippen molar-refractivity contribution in [1.29, 1.82) is 0 Å². The van der Waals surface area contributed by atoms with Crippen LogP contribution in [0.1, 0.15) is 46.5 Å². The van der Waals surface area contributed by atoms with Crippen LogP contribution in [0.2, 0.25) is 0 Å². The summed E-state index contributed by atoms with van der Waals surface area (Å²) in [6.07, 6.45) is 3.88. The molecule has 2 aliphatic heterocycles. The number of halogens is 1. The topological polar surface area (TPSA) is 58.6 Å². The van der Waals surface area contributed by atoms with Crippen molar-refractivity contribution in [3.8, 4) is 0 Å². The molecule has 1 aromatic rings. The van der Waals surface area contributed by atoms with Gasteiger partial charge in [0.25, 0.3) is 0 Å². The molecule has 0 saturated carbocycles. The van der Waals surface area contributed by atoms with Crippen LogP contribution in [0.15, 0.2) is 12.1 Å². The molecule has 24 heavy (non-hydrogen) atoms. The first-order valence-corrected chi connectivity index (χ1v) is 9.56. The van der Waals surface area contributed by atoms with E-state index in [0.717, 1.165) is 35.2 Å². The lowest BCUT2D eigenvalue weighted by Gasteiger charge is -2.42. The zero-order chi connectivity index (χ0) is 17.5. The average Bonchev–Trinajstić information content (AvgIpc) is 2.76. The molecule has 0 radical (unpaired) electrons. The Kier molecular flexibility index (Phi) is 4.90. The minimum absolute atomic E-state index is 0.162. The van der Waals surface area contributed by atoms with Crippen molar-refractivity contribution in [1.82, 2.24) is 15.1 Å². The molecule has 0 N–H and O–H groups in total. The molecule has 0 aliphatic carbocycles. The van der Waals surface area contributed by atoms with Crippen LogP contribution < -0.4 is 4.90 Å². The van der Waals surface area contributed by atoms with Gasteiger partial charge in [0, 0.05) is 25.2 Å². The zero-order valence-electron chi connectivity index (χ0n) is 14.7. The van der Waals surface area contributed by atoms with E-state index in [-0.39, 0.29) is 18.2 Å². The summed E-state index contributed by atoms with van der Waals surface area (Å²) in [7, 11) is 2.07. The fourth-order valence-electron chi connectivity index (χ4n) is 3.76. The molecule has 3 atom stereocenters. The van der Waals surface area contributed by atoms with Gasteiger partial charge in [0.05, 0.1) is 0 Å². The Morgan fingerprint density at radius 2 is 1.88 bits per heavy atom. The van der Waals surface area contributed by atoms with Crippen LogP contribution in [0.3, 0.4) is 0 Å². The van der Waals surface area contributed by atoms with Crippen molar-refractivity contribution >= 4 is 34.5 Å². The minimum atomic E-state index is -0.444. The number of carbonyl (C=O) groups excluding carboxylic acids is 1. The van der Waals surface area contributed by atoms with E-state index in [0.29, 0.717) is 6.04 Å². The van der Waals surface area contributed by atoms with Gasteiger partial charge in [0.15, 0.2) is 5.82 Å². The number of carbonyl (C=O) groups is 1. The van der Waals surface area contributed by atoms with Crippen LogP contribution in [-0.4, -0.2) is 52.0 Å². The van der Waals surface area contributed by atoms with E-state index in [1.807, 2.05) is 37.8 Å². The molecule has 2 fully saturated rings. The number of rotatable bonds is 2. The summed E-state index contributed by atoms with van der Waals surface area (Å²) in [6.45, 7) is 5.76. The van der Waals surface area contributed by atoms with E-state index in [4.69, 9.17) is 4.74 Å². The van der Waals surface area contributed by atoms with Gasteiger partial charge < -0.3 is 14.5 Å². The Labute approximate surface area is 157 Å². The van der Waals surface area contributed by atoms with Crippen LogP contribution in [0, 0.1) is 3.70 Å². The first-order valence-electron chi connectivity index (χ1n) is 8.48. The first-order chi connectivity index (χ1) is 11.2. The van der Waals surface area contributed by atoms with Gasteiger partial charge in [-0.2, -0.15) is 0 Å². The van der Waals surface area contributed by atoms with Crippen LogP contribution >= 0.6 is 22.6 Å². The highest BCUT2D eigenvalue weighted by atomic mass is 127. The SMILES string of the molecule is CN(c1ccc(I)nn1)C1CC2CC[C@H](C1)N2C(=O)OC(C)(C)C. The van der Waals surface area contributed by atoms with E-state index >= 15 is 0 Å². The number of hydrogen-bond donors (Lipinski definition) is 0. The van der Waals surface area contributed by atoms with Gasteiger partial charge in [0.2, 0.25) is 0 Å². The molecule has 0 aromatic carbocycles. The molecule has 6 nitrogen and oxygen atoms in total. The van der Waals surface area contributed by atoms with Crippen LogP contribution in [-0.2, 0) is 4.74 Å². The Bertz CT molecular complexity index is 588. The molecular weight excluding hydrogens is 419 g/mol. The molecular formula is C17H25IN4O2. The summed E-state index contributed by atoms with van der Waals surface area (Å²) in [5.41, 5.74) is -0.444. The predicted octanol–water partition coefficient (Wildman–Crippen LogP) is 3.45. The molecule has 7 heteroatoms. The highest BCUT2D eigenvalue weighted by Crippen LogP contribution is 2.39. The fourth-order valence-corrected chi connectivity index (χ4v) is 4.05. The summed E-state index contributed by atoms with van der Waals surface area (Å²) in [5, 5.41) is 8.43. The number of piperidine rings is 1. The Morgan fingerprint density at radius 1 is 1.25 bits per heavy atom. The third-order valence-corrected chi connectivity index (χ3v) is 5.41. The van der Waals surface area contributed by atoms with Crippen LogP contribution in [0.25, 0.3) is 0 Å². The largest absolute Gasteiger partial charge is 0.444 e. The van der Waals surface area contributed by atoms with Gasteiger partial charge in [-0.05, 0) is 81.2 Å². The van der Waals surface area contributed by atoms with Gasteiger partial charge in [-0.1, -0.05) is 0 Å². The maximum Gasteiger partial charge on any atom is 0.410 e. The first kappa shape index (κ1) is 17.7. The highest BCUT2D eigenvalue weighted by molar-refractivity contribution is 14.1. The lowest BCUT2D eigenvalue weighted by atomic mass is 9.96. The highest BCUT2D eigenvalue weighted by Gasteiger charge is 2.45. The summed E-state index contributed by atoms with van der Waals surface area (Å²) in [5.74, 6) is 0.894. The van der Waals surface area contributed by atoms with E-state index in [1.54, 1.807) is 0 Å². The summed E-state index contributed by atoms with van der Waals surface area (Å²) >= 11 is 2.16. The van der Waals surface area contributed by atoms with Crippen molar-refractivity contribution in [2.75, 3.05) is 11.9 Å². The normalized spacial score (nSPS) is 26.4. The maximum atomic E-state index is 12.5. The minimum Gasteiger partial charge on any atom is -0.444 e. The number of hydrogen-bond acceptors (Lipinski definition) is 5. The smallest absolute Gasteiger partial charge is 0.410 e. The molecule has 132 valence electrons. The monoisotopic (exact) mass is 444 g/mol. The van der Waals surface area contributed by atoms with Gasteiger partial charge in [0.1, 0.15) is 9.30 Å². The summed E-state index contributed by atoms with van der Waals surface area (Å²) in [6, 6.07) is 4.90. The molecule has 3 rings (SSSR count). The molecule has 2 aliphatic rings. The number of ether oxygens (including phenoxy) is 1. The molecule has 1 aromatic heterocycles. The van der Waals surface area contributed by atoms with Gasteiger partial charge in [-0.3, -0.25) is 0 Å². The lowest BCUT2D eigenvalue weighted by Crippen LogP contribution is -2.53. The number of amides is 1. The van der Waals surface area contributed by atoms with Gasteiger partial charge >= 0.3 is 6.09 Å². The van der Waals surface area contributed by atoms with Gasteiger partial charge in [-0.25, -0.2) is 4.79 Å². The number of fused-ring (bicyclic) bond motifs is 2. The third-order valence-electron chi connectivity index (χ3n) is 4.84. The van der Waals surface area contributed by atoms with Crippen LogP contribution in [0.5, 0.6) is 0 Å². The van der Waals surface area contributed by atoms with Crippen molar-refractivity contribution in [3.05, 3.63) is 15.8 Å². The Hall–Kier alpha value is -1.12. The zero-order valence-corrected chi connectivity index (χ0v) is 16.9. The molecule has 2 saturated heterocycles. The van der Waals surface area contributed by atoms with E-state index in [9.17, 15) is 4.79 Å². The van der Waals surface area contributed by atoms with Crippen LogP contribution in [0.4, 0.5) is 10.6 Å². The molecule has 0 spiro atoms. The van der Waals surface area contributed by atoms with Crippen molar-refractivity contribution < 1.29 is 9.53 Å². The van der Waals surface area contributed by atoms with Crippen molar-refractivity contribution in [2.45, 2.75) is 70.2 Å².